The molecule has 7 heteroatoms. The van der Waals surface area contributed by atoms with Crippen LogP contribution < -0.4 is 16.0 Å². The minimum atomic E-state index is -0.0857. The second kappa shape index (κ2) is 7.11. The molecular weight excluding hydrogens is 340 g/mol. The van der Waals surface area contributed by atoms with Crippen LogP contribution >= 0.6 is 11.6 Å². The monoisotopic (exact) mass is 358 g/mol. The lowest BCUT2D eigenvalue weighted by Crippen LogP contribution is -2.15. The van der Waals surface area contributed by atoms with Crippen LogP contribution in [0.5, 0.6) is 5.75 Å². The first-order chi connectivity index (χ1) is 12.0. The molecule has 0 bridgehead atoms. The number of pyridine rings is 1. The average molecular weight is 359 g/mol. The number of aromatic nitrogens is 3. The van der Waals surface area contributed by atoms with Crippen molar-refractivity contribution in [2.24, 2.45) is 0 Å². The molecule has 0 saturated heterocycles. The lowest BCUT2D eigenvalue weighted by Gasteiger charge is -2.12. The van der Waals surface area contributed by atoms with Crippen LogP contribution in [0.3, 0.4) is 0 Å². The molecule has 0 aliphatic rings. The number of aryl methyl sites for hydroxylation is 1. The minimum absolute atomic E-state index is 0.0408. The number of benzene rings is 1. The van der Waals surface area contributed by atoms with Gasteiger partial charge in [-0.25, -0.2) is 9.97 Å². The normalized spacial score (nSPS) is 12.3. The van der Waals surface area contributed by atoms with Crippen molar-refractivity contribution in [3.8, 4) is 5.75 Å². The molecule has 1 atom stereocenters. The molecule has 0 aliphatic carbocycles. The first-order valence-electron chi connectivity index (χ1n) is 7.96. The molecule has 0 aliphatic heterocycles. The van der Waals surface area contributed by atoms with Gasteiger partial charge in [0.1, 0.15) is 5.82 Å². The average Bonchev–Trinajstić information content (AvgIpc) is 2.59. The highest BCUT2D eigenvalue weighted by Crippen LogP contribution is 2.23. The second-order valence-electron chi connectivity index (χ2n) is 5.96. The first-order valence-corrected chi connectivity index (χ1v) is 8.33. The number of rotatable bonds is 5. The molecule has 25 heavy (non-hydrogen) atoms. The molecular formula is C18H19ClN4O2. The number of methoxy groups -OCH3 is 1. The minimum Gasteiger partial charge on any atom is -0.491 e. The molecule has 0 unspecified atom stereocenters. The summed E-state index contributed by atoms with van der Waals surface area (Å²) in [5.74, 6) is 1.45. The van der Waals surface area contributed by atoms with Crippen LogP contribution in [0.25, 0.3) is 10.9 Å². The highest BCUT2D eigenvalue weighted by molar-refractivity contribution is 6.31. The Kier molecular flexibility index (Phi) is 4.90. The van der Waals surface area contributed by atoms with Crippen molar-refractivity contribution in [2.75, 3.05) is 12.8 Å². The van der Waals surface area contributed by atoms with Crippen molar-refractivity contribution in [1.29, 1.82) is 0 Å². The number of nitrogens with two attached hydrogens (primary N) is 1. The van der Waals surface area contributed by atoms with Gasteiger partial charge in [-0.2, -0.15) is 0 Å². The molecule has 0 saturated carbocycles. The van der Waals surface area contributed by atoms with Gasteiger partial charge in [-0.15, -0.1) is 0 Å². The molecule has 0 radical (unpaired) electrons. The number of anilines is 1. The molecule has 0 fully saturated rings. The van der Waals surface area contributed by atoms with Crippen molar-refractivity contribution in [3.63, 3.8) is 0 Å². The van der Waals surface area contributed by atoms with E-state index < -0.39 is 0 Å². The summed E-state index contributed by atoms with van der Waals surface area (Å²) in [6, 6.07) is 7.31. The number of nitrogens with zero attached hydrogens (tertiary/aromatic N) is 2. The molecule has 130 valence electrons. The molecule has 0 spiro atoms. The number of hydrogen-bond acceptors (Lipinski definition) is 5. The van der Waals surface area contributed by atoms with Gasteiger partial charge in [0.25, 0.3) is 5.56 Å². The summed E-state index contributed by atoms with van der Waals surface area (Å²) in [6.07, 6.45) is 2.90. The summed E-state index contributed by atoms with van der Waals surface area (Å²) in [6.45, 7) is 2.01. The highest BCUT2D eigenvalue weighted by Gasteiger charge is 2.13. The number of hydrogen-bond donors (Lipinski definition) is 2. The maximum absolute atomic E-state index is 12.4. The molecule has 3 aromatic rings. The number of nitrogen functional groups attached to an aromatic ring is 1. The van der Waals surface area contributed by atoms with Gasteiger partial charge in [0.15, 0.2) is 11.6 Å². The third-order valence-corrected chi connectivity index (χ3v) is 4.45. The largest absolute Gasteiger partial charge is 0.491 e. The quantitative estimate of drug-likeness (QED) is 0.729. The summed E-state index contributed by atoms with van der Waals surface area (Å²) >= 11 is 6.04. The van der Waals surface area contributed by atoms with E-state index in [1.165, 1.54) is 7.11 Å². The predicted octanol–water partition coefficient (Wildman–Crippen LogP) is 3.30. The molecule has 2 heterocycles. The Balaban J connectivity index is 1.80. The van der Waals surface area contributed by atoms with Crippen molar-refractivity contribution in [1.82, 2.24) is 15.0 Å². The second-order valence-corrected chi connectivity index (χ2v) is 6.40. The third-order valence-electron chi connectivity index (χ3n) is 4.22. The van der Waals surface area contributed by atoms with Gasteiger partial charge in [0, 0.05) is 22.5 Å². The highest BCUT2D eigenvalue weighted by atomic mass is 35.5. The topological polar surface area (TPSA) is 93.9 Å². The van der Waals surface area contributed by atoms with E-state index in [-0.39, 0.29) is 11.5 Å². The molecule has 6 nitrogen and oxygen atoms in total. The Hall–Kier alpha value is -2.60. The van der Waals surface area contributed by atoms with Gasteiger partial charge in [-0.3, -0.25) is 4.79 Å². The Morgan fingerprint density at radius 1 is 1.36 bits per heavy atom. The van der Waals surface area contributed by atoms with E-state index in [1.807, 2.05) is 25.1 Å². The van der Waals surface area contributed by atoms with Gasteiger partial charge in [0.2, 0.25) is 0 Å². The number of ether oxygens (including phenoxy) is 1. The Morgan fingerprint density at radius 2 is 2.16 bits per heavy atom. The Morgan fingerprint density at radius 3 is 2.88 bits per heavy atom. The van der Waals surface area contributed by atoms with E-state index in [4.69, 9.17) is 22.1 Å². The third kappa shape index (κ3) is 3.74. The molecule has 3 N–H and O–H groups in total. The molecule has 0 amide bonds. The summed E-state index contributed by atoms with van der Waals surface area (Å²) in [5, 5.41) is 1.55. The maximum Gasteiger partial charge on any atom is 0.251 e. The number of aromatic amines is 1. The zero-order valence-electron chi connectivity index (χ0n) is 14.0. The lowest BCUT2D eigenvalue weighted by molar-refractivity contribution is 0.412. The van der Waals surface area contributed by atoms with E-state index >= 15 is 0 Å². The summed E-state index contributed by atoms with van der Waals surface area (Å²) < 4.78 is 5.05. The fourth-order valence-electron chi connectivity index (χ4n) is 2.76. The van der Waals surface area contributed by atoms with E-state index in [0.29, 0.717) is 28.8 Å². The van der Waals surface area contributed by atoms with Crippen LogP contribution in [0.4, 0.5) is 5.82 Å². The van der Waals surface area contributed by atoms with Gasteiger partial charge in [-0.05, 0) is 42.0 Å². The fraction of sp³-hybridized carbons (Fsp3) is 0.278. The van der Waals surface area contributed by atoms with E-state index in [0.717, 1.165) is 22.9 Å². The van der Waals surface area contributed by atoms with Crippen molar-refractivity contribution in [2.45, 2.75) is 25.7 Å². The van der Waals surface area contributed by atoms with Crippen molar-refractivity contribution < 1.29 is 4.74 Å². The smallest absolute Gasteiger partial charge is 0.251 e. The summed E-state index contributed by atoms with van der Waals surface area (Å²) in [5.41, 5.74) is 7.21. The molecule has 1 aromatic carbocycles. The van der Waals surface area contributed by atoms with Crippen LogP contribution in [0, 0.1) is 0 Å². The maximum atomic E-state index is 12.4. The van der Waals surface area contributed by atoms with Crippen LogP contribution in [0.2, 0.25) is 5.02 Å². The van der Waals surface area contributed by atoms with E-state index in [2.05, 4.69) is 15.0 Å². The number of halogens is 1. The van der Waals surface area contributed by atoms with E-state index in [9.17, 15) is 4.79 Å². The van der Waals surface area contributed by atoms with Gasteiger partial charge in [-0.1, -0.05) is 18.5 Å². The lowest BCUT2D eigenvalue weighted by atomic mass is 9.96. The van der Waals surface area contributed by atoms with Crippen LogP contribution in [0.1, 0.15) is 30.7 Å². The van der Waals surface area contributed by atoms with E-state index in [1.54, 1.807) is 12.3 Å². The fourth-order valence-corrected chi connectivity index (χ4v) is 2.94. The SMILES string of the molecule is COc1cnc(CC[C@@H](C)c2cc3cc(Cl)ccc3[nH]c2=O)nc1N. The zero-order chi connectivity index (χ0) is 18.0. The van der Waals surface area contributed by atoms with Crippen LogP contribution in [-0.2, 0) is 6.42 Å². The summed E-state index contributed by atoms with van der Waals surface area (Å²) in [7, 11) is 1.52. The predicted molar refractivity (Wildman–Crippen MR) is 99.3 cm³/mol. The van der Waals surface area contributed by atoms with Gasteiger partial charge in [0.05, 0.1) is 13.3 Å². The first kappa shape index (κ1) is 17.2. The Labute approximate surface area is 150 Å². The number of fused-ring (bicyclic) bond motifs is 1. The number of H-pyrrole nitrogens is 1. The summed E-state index contributed by atoms with van der Waals surface area (Å²) in [4.78, 5) is 23.7. The number of nitrogens with one attached hydrogen (secondary N) is 1. The Bertz CT molecular complexity index is 971. The van der Waals surface area contributed by atoms with Gasteiger partial charge < -0.3 is 15.5 Å². The molecule has 2 aromatic heterocycles. The molecule has 3 rings (SSSR count). The zero-order valence-corrected chi connectivity index (χ0v) is 14.8. The van der Waals surface area contributed by atoms with Crippen LogP contribution in [0.15, 0.2) is 35.3 Å². The van der Waals surface area contributed by atoms with Gasteiger partial charge >= 0.3 is 0 Å². The van der Waals surface area contributed by atoms with Crippen molar-refractivity contribution in [3.05, 3.63) is 57.2 Å². The van der Waals surface area contributed by atoms with Crippen molar-refractivity contribution >= 4 is 28.3 Å². The van der Waals surface area contributed by atoms with Crippen LogP contribution in [-0.4, -0.2) is 22.1 Å². The standard InChI is InChI=1S/C18H19ClN4O2/c1-10(3-6-16-21-9-15(25-2)17(20)23-16)13-8-11-7-12(19)4-5-14(11)22-18(13)24/h4-5,7-10H,3,6H2,1-2H3,(H,22,24)(H2,20,21,23)/t10-/m1/s1.